The van der Waals surface area contributed by atoms with Crippen molar-refractivity contribution in [3.63, 3.8) is 0 Å². The van der Waals surface area contributed by atoms with Gasteiger partial charge in [0.05, 0.1) is 5.01 Å². The Morgan fingerprint density at radius 1 is 1.35 bits per heavy atom. The van der Waals surface area contributed by atoms with Crippen molar-refractivity contribution >= 4 is 11.3 Å². The zero-order valence-electron chi connectivity index (χ0n) is 10.5. The molecule has 0 bridgehead atoms. The molecule has 0 amide bonds. The lowest BCUT2D eigenvalue weighted by Gasteiger charge is -2.26. The fourth-order valence-corrected chi connectivity index (χ4v) is 2.88. The fraction of sp³-hybridized carbons (Fsp3) is 0.357. The third-order valence-corrected chi connectivity index (χ3v) is 3.79. The van der Waals surface area contributed by atoms with E-state index in [-0.39, 0.29) is 5.54 Å². The van der Waals surface area contributed by atoms with Gasteiger partial charge in [0.15, 0.2) is 0 Å². The van der Waals surface area contributed by atoms with Gasteiger partial charge in [0.2, 0.25) is 0 Å². The lowest BCUT2D eigenvalue weighted by Crippen LogP contribution is -2.36. The van der Waals surface area contributed by atoms with Crippen LogP contribution in [-0.4, -0.2) is 4.98 Å². The van der Waals surface area contributed by atoms with Crippen molar-refractivity contribution in [1.82, 2.24) is 4.98 Å². The first-order valence-corrected chi connectivity index (χ1v) is 6.62. The molecule has 0 aliphatic rings. The number of aryl methyl sites for hydroxylation is 2. The van der Waals surface area contributed by atoms with Crippen LogP contribution >= 0.6 is 11.3 Å². The molecule has 0 saturated carbocycles. The van der Waals surface area contributed by atoms with Crippen LogP contribution in [0.5, 0.6) is 0 Å². The minimum atomic E-state index is -0.353. The number of hydrogen-bond donors (Lipinski definition) is 1. The van der Waals surface area contributed by atoms with Crippen LogP contribution in [0, 0.1) is 13.8 Å². The van der Waals surface area contributed by atoms with Crippen molar-refractivity contribution < 1.29 is 0 Å². The highest BCUT2D eigenvalue weighted by molar-refractivity contribution is 7.09. The largest absolute Gasteiger partial charge is 0.321 e. The fourth-order valence-electron chi connectivity index (χ4n) is 2.10. The molecule has 0 fully saturated rings. The Labute approximate surface area is 107 Å². The summed E-state index contributed by atoms with van der Waals surface area (Å²) in [5.41, 5.74) is 9.83. The summed E-state index contributed by atoms with van der Waals surface area (Å²) in [5, 5.41) is 3.09. The lowest BCUT2D eigenvalue weighted by molar-refractivity contribution is 0.487. The van der Waals surface area contributed by atoms with Gasteiger partial charge in [-0.05, 0) is 31.9 Å². The Morgan fingerprint density at radius 2 is 2.12 bits per heavy atom. The number of hydrogen-bond acceptors (Lipinski definition) is 3. The third-order valence-electron chi connectivity index (χ3n) is 3.01. The third kappa shape index (κ3) is 2.73. The molecule has 2 rings (SSSR count). The van der Waals surface area contributed by atoms with Gasteiger partial charge in [0.25, 0.3) is 0 Å². The number of rotatable bonds is 3. The predicted octanol–water partition coefficient (Wildman–Crippen LogP) is 3.18. The maximum Gasteiger partial charge on any atom is 0.0946 e. The molecular formula is C14H18N2S. The summed E-state index contributed by atoms with van der Waals surface area (Å²) in [7, 11) is 0. The molecule has 1 aromatic carbocycles. The van der Waals surface area contributed by atoms with Gasteiger partial charge in [-0.15, -0.1) is 11.3 Å². The molecule has 1 unspecified atom stereocenters. The van der Waals surface area contributed by atoms with Gasteiger partial charge in [-0.1, -0.05) is 23.8 Å². The first kappa shape index (κ1) is 12.3. The normalized spacial score (nSPS) is 14.6. The van der Waals surface area contributed by atoms with Gasteiger partial charge >= 0.3 is 0 Å². The van der Waals surface area contributed by atoms with Crippen molar-refractivity contribution in [2.45, 2.75) is 32.7 Å². The van der Waals surface area contributed by atoms with Crippen molar-refractivity contribution in [2.75, 3.05) is 0 Å². The standard InChI is InChI=1S/C14H18N2S/c1-10-4-5-11(2)12(8-10)14(3,15)9-13-16-6-7-17-13/h4-8H,9,15H2,1-3H3. The highest BCUT2D eigenvalue weighted by atomic mass is 32.1. The molecular weight excluding hydrogens is 228 g/mol. The zero-order chi connectivity index (χ0) is 12.5. The Hall–Kier alpha value is -1.19. The van der Waals surface area contributed by atoms with Gasteiger partial charge < -0.3 is 5.73 Å². The van der Waals surface area contributed by atoms with Gasteiger partial charge in [0.1, 0.15) is 0 Å². The van der Waals surface area contributed by atoms with E-state index in [0.29, 0.717) is 0 Å². The second-order valence-electron chi connectivity index (χ2n) is 4.84. The van der Waals surface area contributed by atoms with E-state index in [9.17, 15) is 0 Å². The van der Waals surface area contributed by atoms with E-state index in [2.05, 4.69) is 44.0 Å². The van der Waals surface area contributed by atoms with Gasteiger partial charge in [-0.25, -0.2) is 4.98 Å². The minimum Gasteiger partial charge on any atom is -0.321 e. The summed E-state index contributed by atoms with van der Waals surface area (Å²) >= 11 is 1.66. The van der Waals surface area contributed by atoms with Crippen molar-refractivity contribution in [2.24, 2.45) is 5.73 Å². The van der Waals surface area contributed by atoms with Crippen LogP contribution in [0.1, 0.15) is 28.6 Å². The topological polar surface area (TPSA) is 38.9 Å². The van der Waals surface area contributed by atoms with Crippen LogP contribution < -0.4 is 5.73 Å². The van der Waals surface area contributed by atoms with E-state index in [0.717, 1.165) is 11.4 Å². The summed E-state index contributed by atoms with van der Waals surface area (Å²) in [5.74, 6) is 0. The van der Waals surface area contributed by atoms with Crippen molar-refractivity contribution in [3.8, 4) is 0 Å². The first-order chi connectivity index (χ1) is 7.99. The Balaban J connectivity index is 2.33. The molecule has 2 N–H and O–H groups in total. The molecule has 0 saturated heterocycles. The maximum atomic E-state index is 6.47. The van der Waals surface area contributed by atoms with Crippen molar-refractivity contribution in [1.29, 1.82) is 0 Å². The predicted molar refractivity (Wildman–Crippen MR) is 73.3 cm³/mol. The number of nitrogens with two attached hydrogens (primary N) is 1. The first-order valence-electron chi connectivity index (χ1n) is 5.74. The summed E-state index contributed by atoms with van der Waals surface area (Å²) in [4.78, 5) is 4.32. The van der Waals surface area contributed by atoms with Crippen LogP contribution in [0.25, 0.3) is 0 Å². The van der Waals surface area contributed by atoms with Gasteiger partial charge in [0, 0.05) is 23.5 Å². The molecule has 0 aliphatic heterocycles. The van der Waals surface area contributed by atoms with Crippen LogP contribution in [0.4, 0.5) is 0 Å². The highest BCUT2D eigenvalue weighted by Crippen LogP contribution is 2.27. The molecule has 17 heavy (non-hydrogen) atoms. The van der Waals surface area contributed by atoms with E-state index in [1.807, 2.05) is 11.6 Å². The summed E-state index contributed by atoms with van der Waals surface area (Å²) in [6, 6.07) is 6.44. The monoisotopic (exact) mass is 246 g/mol. The number of thiazole rings is 1. The van der Waals surface area contributed by atoms with Crippen LogP contribution in [0.15, 0.2) is 29.8 Å². The highest BCUT2D eigenvalue weighted by Gasteiger charge is 2.24. The molecule has 3 heteroatoms. The SMILES string of the molecule is Cc1ccc(C)c(C(C)(N)Cc2nccs2)c1. The molecule has 90 valence electrons. The Kier molecular flexibility index (Phi) is 3.31. The van der Waals surface area contributed by atoms with Gasteiger partial charge in [-0.3, -0.25) is 0 Å². The van der Waals surface area contributed by atoms with Crippen LogP contribution in [-0.2, 0) is 12.0 Å². The van der Waals surface area contributed by atoms with E-state index in [1.165, 1.54) is 16.7 Å². The Morgan fingerprint density at radius 3 is 2.76 bits per heavy atom. The second kappa shape index (κ2) is 4.59. The summed E-state index contributed by atoms with van der Waals surface area (Å²) < 4.78 is 0. The quantitative estimate of drug-likeness (QED) is 0.903. The number of benzene rings is 1. The van der Waals surface area contributed by atoms with E-state index >= 15 is 0 Å². The molecule has 0 radical (unpaired) electrons. The minimum absolute atomic E-state index is 0.353. The van der Waals surface area contributed by atoms with E-state index in [1.54, 1.807) is 11.3 Å². The van der Waals surface area contributed by atoms with Gasteiger partial charge in [-0.2, -0.15) is 0 Å². The molecule has 1 atom stereocenters. The second-order valence-corrected chi connectivity index (χ2v) is 5.82. The summed E-state index contributed by atoms with van der Waals surface area (Å²) in [6.45, 7) is 6.29. The van der Waals surface area contributed by atoms with E-state index < -0.39 is 0 Å². The maximum absolute atomic E-state index is 6.47. The number of nitrogens with zero attached hydrogens (tertiary/aromatic N) is 1. The number of aromatic nitrogens is 1. The molecule has 0 aliphatic carbocycles. The molecule has 1 aromatic heterocycles. The Bertz CT molecular complexity index is 501. The summed E-state index contributed by atoms with van der Waals surface area (Å²) in [6.07, 6.45) is 2.62. The van der Waals surface area contributed by atoms with E-state index in [4.69, 9.17) is 5.73 Å². The molecule has 1 heterocycles. The zero-order valence-corrected chi connectivity index (χ0v) is 11.3. The molecule has 2 nitrogen and oxygen atoms in total. The average Bonchev–Trinajstić information content (AvgIpc) is 2.73. The molecule has 0 spiro atoms. The molecule has 2 aromatic rings. The van der Waals surface area contributed by atoms with Crippen molar-refractivity contribution in [3.05, 3.63) is 51.5 Å². The lowest BCUT2D eigenvalue weighted by atomic mass is 9.86. The van der Waals surface area contributed by atoms with Crippen LogP contribution in [0.2, 0.25) is 0 Å². The average molecular weight is 246 g/mol. The van der Waals surface area contributed by atoms with Crippen LogP contribution in [0.3, 0.4) is 0 Å². The smallest absolute Gasteiger partial charge is 0.0946 e.